The fraction of sp³-hybridized carbons (Fsp3) is 0.500. The van der Waals surface area contributed by atoms with Crippen LogP contribution in [0.2, 0.25) is 0 Å². The van der Waals surface area contributed by atoms with Crippen molar-refractivity contribution >= 4 is 28.5 Å². The molecule has 1 aliphatic heterocycles. The molecule has 98 valence electrons. The molecule has 1 aromatic carbocycles. The summed E-state index contributed by atoms with van der Waals surface area (Å²) in [5.74, 6) is 0.265. The van der Waals surface area contributed by atoms with Gasteiger partial charge in [-0.2, -0.15) is 0 Å². The highest BCUT2D eigenvalue weighted by molar-refractivity contribution is 14.1. The van der Waals surface area contributed by atoms with Gasteiger partial charge in [-0.05, 0) is 12.0 Å². The number of benzene rings is 1. The second-order valence-electron chi connectivity index (χ2n) is 4.62. The van der Waals surface area contributed by atoms with Crippen LogP contribution in [-0.2, 0) is 11.3 Å². The van der Waals surface area contributed by atoms with Crippen molar-refractivity contribution < 1.29 is 4.79 Å². The van der Waals surface area contributed by atoms with Crippen LogP contribution in [0.3, 0.4) is 0 Å². The molecule has 1 fully saturated rings. The van der Waals surface area contributed by atoms with Crippen LogP contribution in [0.25, 0.3) is 0 Å². The quantitative estimate of drug-likeness (QED) is 0.608. The third kappa shape index (κ3) is 3.95. The molecule has 0 aliphatic carbocycles. The van der Waals surface area contributed by atoms with Crippen LogP contribution in [-0.4, -0.2) is 46.3 Å². The second-order valence-corrected chi connectivity index (χ2v) is 5.70. The summed E-state index contributed by atoms with van der Waals surface area (Å²) < 4.78 is 1.09. The summed E-state index contributed by atoms with van der Waals surface area (Å²) in [5.41, 5.74) is 1.22. The number of hydrogen-bond acceptors (Lipinski definition) is 2. The fourth-order valence-corrected chi connectivity index (χ4v) is 2.94. The predicted molar refractivity (Wildman–Crippen MR) is 81.8 cm³/mol. The largest absolute Gasteiger partial charge is 0.337 e. The first-order chi connectivity index (χ1) is 8.79. The summed E-state index contributed by atoms with van der Waals surface area (Å²) in [7, 11) is 0. The van der Waals surface area contributed by atoms with E-state index >= 15 is 0 Å². The molecule has 0 unspecified atom stereocenters. The molecule has 0 radical (unpaired) electrons. The van der Waals surface area contributed by atoms with Crippen molar-refractivity contribution in [1.29, 1.82) is 0 Å². The van der Waals surface area contributed by atoms with E-state index in [9.17, 15) is 4.79 Å². The van der Waals surface area contributed by atoms with Crippen molar-refractivity contribution in [3.05, 3.63) is 35.9 Å². The van der Waals surface area contributed by atoms with Gasteiger partial charge >= 0.3 is 0 Å². The van der Waals surface area contributed by atoms with E-state index in [4.69, 9.17) is 0 Å². The number of nitrogens with zero attached hydrogens (tertiary/aromatic N) is 2. The minimum absolute atomic E-state index is 0.265. The van der Waals surface area contributed by atoms with E-state index in [1.165, 1.54) is 5.56 Å². The molecule has 4 heteroatoms. The maximum atomic E-state index is 12.2. The maximum absolute atomic E-state index is 12.2. The zero-order chi connectivity index (χ0) is 12.8. The fourth-order valence-electron chi connectivity index (χ4n) is 2.26. The molecule has 1 aliphatic rings. The highest BCUT2D eigenvalue weighted by Gasteiger charge is 2.21. The van der Waals surface area contributed by atoms with Gasteiger partial charge in [0.15, 0.2) is 0 Å². The van der Waals surface area contributed by atoms with Crippen LogP contribution in [0.4, 0.5) is 0 Å². The molecule has 3 nitrogen and oxygen atoms in total. The topological polar surface area (TPSA) is 23.6 Å². The Balaban J connectivity index is 1.95. The lowest BCUT2D eigenvalue weighted by molar-refractivity contribution is -0.131. The lowest BCUT2D eigenvalue weighted by atomic mass is 10.2. The molecule has 0 N–H and O–H groups in total. The Kier molecular flexibility index (Phi) is 5.44. The Morgan fingerprint density at radius 1 is 1.17 bits per heavy atom. The zero-order valence-electron chi connectivity index (χ0n) is 10.5. The normalized spacial score (nSPS) is 17.8. The summed E-state index contributed by atoms with van der Waals surface area (Å²) in [4.78, 5) is 16.4. The van der Waals surface area contributed by atoms with Gasteiger partial charge < -0.3 is 4.90 Å². The van der Waals surface area contributed by atoms with Gasteiger partial charge in [-0.1, -0.05) is 52.9 Å². The van der Waals surface area contributed by atoms with Crippen LogP contribution in [0.15, 0.2) is 30.3 Å². The Morgan fingerprint density at radius 2 is 1.94 bits per heavy atom. The van der Waals surface area contributed by atoms with Crippen molar-refractivity contribution in [1.82, 2.24) is 9.80 Å². The minimum atomic E-state index is 0.265. The Morgan fingerprint density at radius 3 is 2.67 bits per heavy atom. The van der Waals surface area contributed by atoms with Crippen molar-refractivity contribution in [3.8, 4) is 0 Å². The van der Waals surface area contributed by atoms with Crippen molar-refractivity contribution in [3.63, 3.8) is 0 Å². The number of amides is 1. The number of rotatable bonds is 4. The smallest absolute Gasteiger partial charge is 0.237 e. The van der Waals surface area contributed by atoms with Gasteiger partial charge in [0, 0.05) is 30.6 Å². The Hall–Kier alpha value is -0.620. The van der Waals surface area contributed by atoms with Gasteiger partial charge in [-0.15, -0.1) is 0 Å². The predicted octanol–water partition coefficient (Wildman–Crippen LogP) is 2.16. The van der Waals surface area contributed by atoms with E-state index < -0.39 is 0 Å². The summed E-state index contributed by atoms with van der Waals surface area (Å²) in [6.45, 7) is 4.27. The Labute approximate surface area is 122 Å². The van der Waals surface area contributed by atoms with E-state index in [1.54, 1.807) is 0 Å². The number of alkyl halides is 1. The molecule has 1 saturated heterocycles. The van der Waals surface area contributed by atoms with E-state index in [-0.39, 0.29) is 5.91 Å². The number of hydrogen-bond donors (Lipinski definition) is 0. The molecule has 1 heterocycles. The van der Waals surface area contributed by atoms with Gasteiger partial charge in [-0.3, -0.25) is 9.69 Å². The summed E-state index contributed by atoms with van der Waals surface area (Å²) in [5, 5.41) is 0. The lowest BCUT2D eigenvalue weighted by Gasteiger charge is -2.21. The van der Waals surface area contributed by atoms with Crippen molar-refractivity contribution in [2.75, 3.05) is 30.6 Å². The molecule has 0 atom stereocenters. The molecule has 0 spiro atoms. The van der Waals surface area contributed by atoms with E-state index in [0.29, 0.717) is 6.54 Å². The number of halogens is 1. The molecule has 0 aromatic heterocycles. The molecule has 18 heavy (non-hydrogen) atoms. The van der Waals surface area contributed by atoms with Crippen LogP contribution < -0.4 is 0 Å². The molecule has 0 bridgehead atoms. The SMILES string of the molecule is O=C1CN(CCI)CCCN1Cc1ccccc1. The van der Waals surface area contributed by atoms with Crippen LogP contribution in [0.5, 0.6) is 0 Å². The summed E-state index contributed by atoms with van der Waals surface area (Å²) >= 11 is 2.37. The molecular formula is C14H19IN2O. The van der Waals surface area contributed by atoms with Gasteiger partial charge in [0.25, 0.3) is 0 Å². The van der Waals surface area contributed by atoms with Gasteiger partial charge in [0.05, 0.1) is 6.54 Å². The molecule has 1 aromatic rings. The third-order valence-corrected chi connectivity index (χ3v) is 3.71. The van der Waals surface area contributed by atoms with E-state index in [1.807, 2.05) is 23.1 Å². The van der Waals surface area contributed by atoms with Crippen molar-refractivity contribution in [2.45, 2.75) is 13.0 Å². The van der Waals surface area contributed by atoms with Crippen LogP contribution in [0, 0.1) is 0 Å². The second kappa shape index (κ2) is 7.09. The molecule has 1 amide bonds. The molecule has 0 saturated carbocycles. The van der Waals surface area contributed by atoms with Crippen LogP contribution in [0.1, 0.15) is 12.0 Å². The monoisotopic (exact) mass is 358 g/mol. The highest BCUT2D eigenvalue weighted by Crippen LogP contribution is 2.10. The van der Waals surface area contributed by atoms with Crippen LogP contribution >= 0.6 is 22.6 Å². The Bertz CT molecular complexity index is 383. The maximum Gasteiger partial charge on any atom is 0.237 e. The standard InChI is InChI=1S/C14H19IN2O/c15-7-10-16-8-4-9-17(14(18)12-16)11-13-5-2-1-3-6-13/h1-3,5-6H,4,7-12H2. The van der Waals surface area contributed by atoms with Gasteiger partial charge in [0.2, 0.25) is 5.91 Å². The van der Waals surface area contributed by atoms with E-state index in [0.717, 1.165) is 37.0 Å². The average Bonchev–Trinajstić information content (AvgIpc) is 2.54. The summed E-state index contributed by atoms with van der Waals surface area (Å²) in [6, 6.07) is 10.2. The van der Waals surface area contributed by atoms with Gasteiger partial charge in [-0.25, -0.2) is 0 Å². The molecule has 2 rings (SSSR count). The highest BCUT2D eigenvalue weighted by atomic mass is 127. The molecular weight excluding hydrogens is 339 g/mol. The minimum Gasteiger partial charge on any atom is -0.337 e. The number of carbonyl (C=O) groups excluding carboxylic acids is 1. The van der Waals surface area contributed by atoms with Crippen molar-refractivity contribution in [2.24, 2.45) is 0 Å². The first-order valence-corrected chi connectivity index (χ1v) is 7.92. The number of carbonyl (C=O) groups is 1. The van der Waals surface area contributed by atoms with Gasteiger partial charge in [0.1, 0.15) is 0 Å². The average molecular weight is 358 g/mol. The lowest BCUT2D eigenvalue weighted by Crippen LogP contribution is -2.36. The summed E-state index contributed by atoms with van der Waals surface area (Å²) in [6.07, 6.45) is 1.08. The first-order valence-electron chi connectivity index (χ1n) is 6.39. The first kappa shape index (κ1) is 13.8. The zero-order valence-corrected chi connectivity index (χ0v) is 12.7. The third-order valence-electron chi connectivity index (χ3n) is 3.23. The van der Waals surface area contributed by atoms with E-state index in [2.05, 4.69) is 39.6 Å².